The molecule has 2 aromatic rings. The number of hydrogen-bond donors (Lipinski definition) is 0. The molecular formula is C20H35N3OSn. The minimum atomic E-state index is -2.53. The second kappa shape index (κ2) is 9.79. The van der Waals surface area contributed by atoms with Crippen LogP contribution in [0.2, 0.25) is 13.3 Å². The first-order chi connectivity index (χ1) is 12.1. The van der Waals surface area contributed by atoms with Crippen LogP contribution in [0.15, 0.2) is 12.3 Å². The number of unbranched alkanes of at least 4 members (excludes halogenated alkanes) is 3. The van der Waals surface area contributed by atoms with Crippen LogP contribution in [0.3, 0.4) is 0 Å². The third kappa shape index (κ3) is 4.89. The summed E-state index contributed by atoms with van der Waals surface area (Å²) in [5, 5.41) is 4.55. The van der Waals surface area contributed by atoms with E-state index in [9.17, 15) is 0 Å². The quantitative estimate of drug-likeness (QED) is 0.449. The van der Waals surface area contributed by atoms with Gasteiger partial charge in [0, 0.05) is 0 Å². The molecule has 2 aromatic heterocycles. The van der Waals surface area contributed by atoms with Crippen molar-refractivity contribution in [1.29, 1.82) is 0 Å². The van der Waals surface area contributed by atoms with Gasteiger partial charge in [0.15, 0.2) is 0 Å². The molecule has 0 bridgehead atoms. The van der Waals surface area contributed by atoms with Crippen molar-refractivity contribution in [3.05, 3.63) is 12.3 Å². The summed E-state index contributed by atoms with van der Waals surface area (Å²) >= 11 is -2.53. The Morgan fingerprint density at radius 3 is 2.04 bits per heavy atom. The van der Waals surface area contributed by atoms with Crippen LogP contribution in [0.25, 0.3) is 11.0 Å². The van der Waals surface area contributed by atoms with E-state index < -0.39 is 18.4 Å². The molecule has 0 aliphatic carbocycles. The zero-order chi connectivity index (χ0) is 18.3. The third-order valence-corrected chi connectivity index (χ3v) is 20.4. The van der Waals surface area contributed by atoms with Gasteiger partial charge < -0.3 is 0 Å². The number of rotatable bonds is 11. The van der Waals surface area contributed by atoms with Crippen LogP contribution in [0.1, 0.15) is 59.3 Å². The molecule has 2 heterocycles. The summed E-state index contributed by atoms with van der Waals surface area (Å²) in [6.45, 7) is 6.94. The Bertz CT molecular complexity index is 646. The van der Waals surface area contributed by atoms with E-state index in [-0.39, 0.29) is 0 Å². The average Bonchev–Trinajstić information content (AvgIpc) is 3.00. The number of hydrogen-bond acceptors (Lipinski definition) is 3. The minimum absolute atomic E-state index is 0.899. The van der Waals surface area contributed by atoms with Crippen molar-refractivity contribution in [2.24, 2.45) is 7.05 Å². The second-order valence-corrected chi connectivity index (χ2v) is 20.4. The molecule has 0 N–H and O–H groups in total. The molecule has 5 heteroatoms. The van der Waals surface area contributed by atoms with E-state index >= 15 is 0 Å². The predicted molar refractivity (Wildman–Crippen MR) is 110 cm³/mol. The first-order valence-electron chi connectivity index (χ1n) is 9.99. The Hall–Kier alpha value is -0.781. The van der Waals surface area contributed by atoms with E-state index in [0.29, 0.717) is 0 Å². The molecule has 2 rings (SSSR count). The van der Waals surface area contributed by atoms with Crippen LogP contribution < -0.4 is 8.45 Å². The van der Waals surface area contributed by atoms with E-state index in [2.05, 4.69) is 31.9 Å². The van der Waals surface area contributed by atoms with Crippen molar-refractivity contribution < 1.29 is 4.74 Å². The average molecular weight is 452 g/mol. The number of pyridine rings is 1. The van der Waals surface area contributed by atoms with Gasteiger partial charge in [-0.3, -0.25) is 0 Å². The topological polar surface area (TPSA) is 39.9 Å². The summed E-state index contributed by atoms with van der Waals surface area (Å²) in [5.74, 6) is 0.908. The Balaban J connectivity index is 2.54. The Kier molecular flexibility index (Phi) is 8.04. The van der Waals surface area contributed by atoms with Crippen LogP contribution in [-0.4, -0.2) is 40.3 Å². The van der Waals surface area contributed by atoms with Gasteiger partial charge >= 0.3 is 157 Å². The molecule has 25 heavy (non-hydrogen) atoms. The zero-order valence-electron chi connectivity index (χ0n) is 16.8. The van der Waals surface area contributed by atoms with Gasteiger partial charge in [0.2, 0.25) is 0 Å². The van der Waals surface area contributed by atoms with Gasteiger partial charge in [0.1, 0.15) is 0 Å². The number of fused-ring (bicyclic) bond motifs is 1. The van der Waals surface area contributed by atoms with Crippen molar-refractivity contribution in [2.45, 2.75) is 72.6 Å². The van der Waals surface area contributed by atoms with E-state index in [0.717, 1.165) is 16.8 Å². The Morgan fingerprint density at radius 2 is 1.56 bits per heavy atom. The van der Waals surface area contributed by atoms with Crippen LogP contribution in [0, 0.1) is 0 Å². The SMILES string of the molecule is CCC[CH2][Sn]([CH2]CCC)([CH2]CCC)[c]1cc(OC)c2nn(C)cc2n1. The molecule has 0 aliphatic rings. The van der Waals surface area contributed by atoms with Crippen molar-refractivity contribution in [3.8, 4) is 5.75 Å². The van der Waals surface area contributed by atoms with Gasteiger partial charge in [-0.1, -0.05) is 0 Å². The van der Waals surface area contributed by atoms with E-state index in [4.69, 9.17) is 9.72 Å². The predicted octanol–water partition coefficient (Wildman–Crippen LogP) is 5.03. The first kappa shape index (κ1) is 20.5. The fourth-order valence-corrected chi connectivity index (χ4v) is 19.2. The van der Waals surface area contributed by atoms with E-state index in [1.165, 1.54) is 55.5 Å². The Labute approximate surface area is 157 Å². The van der Waals surface area contributed by atoms with Gasteiger partial charge in [-0.2, -0.15) is 0 Å². The van der Waals surface area contributed by atoms with Crippen LogP contribution in [0.4, 0.5) is 0 Å². The monoisotopic (exact) mass is 453 g/mol. The molecule has 0 saturated carbocycles. The third-order valence-electron chi connectivity index (χ3n) is 5.34. The summed E-state index contributed by atoms with van der Waals surface area (Å²) in [5.41, 5.74) is 1.90. The molecule has 0 atom stereocenters. The zero-order valence-corrected chi connectivity index (χ0v) is 19.6. The van der Waals surface area contributed by atoms with Crippen LogP contribution >= 0.6 is 0 Å². The summed E-state index contributed by atoms with van der Waals surface area (Å²) in [7, 11) is 3.72. The molecule has 0 spiro atoms. The normalized spacial score (nSPS) is 12.0. The Morgan fingerprint density at radius 1 is 1.00 bits per heavy atom. The summed E-state index contributed by atoms with van der Waals surface area (Å²) in [4.78, 5) is 5.17. The fourth-order valence-electron chi connectivity index (χ4n) is 3.82. The van der Waals surface area contributed by atoms with Crippen molar-refractivity contribution in [1.82, 2.24) is 14.8 Å². The van der Waals surface area contributed by atoms with Gasteiger partial charge in [-0.05, 0) is 0 Å². The first-order valence-corrected chi connectivity index (χ1v) is 17.5. The maximum absolute atomic E-state index is 5.71. The molecule has 4 nitrogen and oxygen atoms in total. The van der Waals surface area contributed by atoms with Crippen LogP contribution in [0.5, 0.6) is 5.75 Å². The molecule has 0 radical (unpaired) electrons. The van der Waals surface area contributed by atoms with Gasteiger partial charge in [-0.15, -0.1) is 0 Å². The molecule has 0 amide bonds. The maximum atomic E-state index is 5.71. The van der Waals surface area contributed by atoms with Gasteiger partial charge in [0.25, 0.3) is 0 Å². The molecule has 140 valence electrons. The number of ether oxygens (including phenoxy) is 1. The number of nitrogens with zero attached hydrogens (tertiary/aromatic N) is 3. The van der Waals surface area contributed by atoms with Gasteiger partial charge in [0.05, 0.1) is 0 Å². The number of aryl methyl sites for hydroxylation is 1. The number of aromatic nitrogens is 3. The van der Waals surface area contributed by atoms with E-state index in [1.807, 2.05) is 17.9 Å². The fraction of sp³-hybridized carbons (Fsp3) is 0.700. The summed E-state index contributed by atoms with van der Waals surface area (Å²) in [6, 6.07) is 2.26. The molecule has 0 unspecified atom stereocenters. The van der Waals surface area contributed by atoms with Gasteiger partial charge in [-0.25, -0.2) is 0 Å². The molecule has 0 saturated heterocycles. The van der Waals surface area contributed by atoms with Crippen molar-refractivity contribution in [3.63, 3.8) is 0 Å². The van der Waals surface area contributed by atoms with Crippen molar-refractivity contribution >= 4 is 33.1 Å². The van der Waals surface area contributed by atoms with Crippen LogP contribution in [-0.2, 0) is 7.05 Å². The van der Waals surface area contributed by atoms with Crippen molar-refractivity contribution in [2.75, 3.05) is 7.11 Å². The molecule has 0 aliphatic heterocycles. The standard InChI is InChI=1S/C8H8N3O.3C4H9.Sn/c1-11-5-6-8(10-11)7(12-2)3-4-9-6;3*1-3-4-2;/h3,5H,1-2H3;3*1,3-4H2,2H3;. The number of methoxy groups -OCH3 is 1. The summed E-state index contributed by atoms with van der Waals surface area (Å²) < 4.78 is 13.2. The molecule has 0 fully saturated rings. The summed E-state index contributed by atoms with van der Waals surface area (Å²) in [6.07, 6.45) is 9.92. The second-order valence-electron chi connectivity index (χ2n) is 7.34. The molecular weight excluding hydrogens is 417 g/mol. The molecule has 0 aromatic carbocycles. The van der Waals surface area contributed by atoms with E-state index in [1.54, 1.807) is 7.11 Å².